The molecule has 2 fully saturated rings. The molecule has 1 spiro atoms. The summed E-state index contributed by atoms with van der Waals surface area (Å²) in [5, 5.41) is 0. The Morgan fingerprint density at radius 3 is 2.50 bits per heavy atom. The van der Waals surface area contributed by atoms with Crippen LogP contribution in [0.5, 0.6) is 0 Å². The SMILES string of the molecule is O=C1OCCC12CCN(S)CC2. The van der Waals surface area contributed by atoms with Crippen molar-refractivity contribution in [2.45, 2.75) is 19.3 Å². The van der Waals surface area contributed by atoms with Gasteiger partial charge < -0.3 is 4.74 Å². The fourth-order valence-electron chi connectivity index (χ4n) is 1.97. The van der Waals surface area contributed by atoms with Crippen LogP contribution in [-0.2, 0) is 9.53 Å². The van der Waals surface area contributed by atoms with Gasteiger partial charge in [-0.05, 0) is 19.3 Å². The smallest absolute Gasteiger partial charge is 0.312 e. The quantitative estimate of drug-likeness (QED) is 0.450. The Balaban J connectivity index is 2.07. The summed E-state index contributed by atoms with van der Waals surface area (Å²) < 4.78 is 6.97. The van der Waals surface area contributed by atoms with Crippen LogP contribution in [-0.4, -0.2) is 30.0 Å². The molecule has 68 valence electrons. The summed E-state index contributed by atoms with van der Waals surface area (Å²) >= 11 is 4.25. The summed E-state index contributed by atoms with van der Waals surface area (Å²) in [5.41, 5.74) is -0.140. The van der Waals surface area contributed by atoms with E-state index in [1.165, 1.54) is 0 Å². The van der Waals surface area contributed by atoms with Gasteiger partial charge in [-0.3, -0.25) is 9.10 Å². The molecule has 12 heavy (non-hydrogen) atoms. The lowest BCUT2D eigenvalue weighted by Gasteiger charge is -2.33. The van der Waals surface area contributed by atoms with Gasteiger partial charge in [-0.15, -0.1) is 0 Å². The van der Waals surface area contributed by atoms with Crippen molar-refractivity contribution in [3.63, 3.8) is 0 Å². The van der Waals surface area contributed by atoms with E-state index in [2.05, 4.69) is 12.8 Å². The zero-order chi connectivity index (χ0) is 8.60. The summed E-state index contributed by atoms with van der Waals surface area (Å²) in [5.74, 6) is 0.0175. The number of ether oxygens (including phenoxy) is 1. The Kier molecular flexibility index (Phi) is 2.04. The number of hydrogen-bond donors (Lipinski definition) is 1. The van der Waals surface area contributed by atoms with Crippen molar-refractivity contribution in [1.82, 2.24) is 4.31 Å². The van der Waals surface area contributed by atoms with E-state index in [0.29, 0.717) is 6.61 Å². The standard InChI is InChI=1S/C8H13NO2S/c10-7-8(3-6-11-7)1-4-9(12)5-2-8/h12H,1-6H2. The zero-order valence-corrected chi connectivity index (χ0v) is 7.85. The van der Waals surface area contributed by atoms with E-state index in [-0.39, 0.29) is 11.4 Å². The number of piperidine rings is 1. The van der Waals surface area contributed by atoms with Crippen LogP contribution in [0.2, 0.25) is 0 Å². The fraction of sp³-hybridized carbons (Fsp3) is 0.875. The van der Waals surface area contributed by atoms with Gasteiger partial charge in [0.25, 0.3) is 0 Å². The number of hydrogen-bond acceptors (Lipinski definition) is 4. The van der Waals surface area contributed by atoms with Crippen molar-refractivity contribution in [1.29, 1.82) is 0 Å². The van der Waals surface area contributed by atoms with Crippen LogP contribution >= 0.6 is 12.8 Å². The molecular weight excluding hydrogens is 174 g/mol. The topological polar surface area (TPSA) is 29.5 Å². The molecule has 2 aliphatic heterocycles. The van der Waals surface area contributed by atoms with E-state index in [1.807, 2.05) is 4.31 Å². The Labute approximate surface area is 77.6 Å². The van der Waals surface area contributed by atoms with Crippen LogP contribution in [0.1, 0.15) is 19.3 Å². The Morgan fingerprint density at radius 2 is 2.00 bits per heavy atom. The van der Waals surface area contributed by atoms with Crippen LogP contribution < -0.4 is 0 Å². The number of carbonyl (C=O) groups excluding carboxylic acids is 1. The van der Waals surface area contributed by atoms with Gasteiger partial charge in [-0.25, -0.2) is 0 Å². The highest BCUT2D eigenvalue weighted by atomic mass is 32.1. The van der Waals surface area contributed by atoms with E-state index in [4.69, 9.17) is 4.74 Å². The number of carbonyl (C=O) groups is 1. The zero-order valence-electron chi connectivity index (χ0n) is 6.95. The third-order valence-corrected chi connectivity index (χ3v) is 3.34. The number of nitrogens with zero attached hydrogens (tertiary/aromatic N) is 1. The lowest BCUT2D eigenvalue weighted by molar-refractivity contribution is -0.147. The van der Waals surface area contributed by atoms with E-state index in [9.17, 15) is 4.79 Å². The van der Waals surface area contributed by atoms with Crippen molar-refractivity contribution in [2.24, 2.45) is 5.41 Å². The van der Waals surface area contributed by atoms with Crippen molar-refractivity contribution in [2.75, 3.05) is 19.7 Å². The van der Waals surface area contributed by atoms with E-state index in [1.54, 1.807) is 0 Å². The van der Waals surface area contributed by atoms with E-state index >= 15 is 0 Å². The van der Waals surface area contributed by atoms with Crippen LogP contribution in [0, 0.1) is 5.41 Å². The van der Waals surface area contributed by atoms with Crippen LogP contribution in [0.3, 0.4) is 0 Å². The van der Waals surface area contributed by atoms with Crippen molar-refractivity contribution in [3.8, 4) is 0 Å². The second-order valence-corrected chi connectivity index (χ2v) is 4.19. The summed E-state index contributed by atoms with van der Waals surface area (Å²) in [6.45, 7) is 2.42. The first-order chi connectivity index (χ1) is 5.73. The van der Waals surface area contributed by atoms with Crippen LogP contribution in [0.25, 0.3) is 0 Å². The predicted octanol–water partition coefficient (Wildman–Crippen LogP) is 0.860. The Morgan fingerprint density at radius 1 is 1.33 bits per heavy atom. The molecule has 0 N–H and O–H groups in total. The molecule has 0 saturated carbocycles. The first-order valence-electron chi connectivity index (χ1n) is 4.34. The number of thiol groups is 1. The minimum absolute atomic E-state index is 0.0175. The molecule has 0 aromatic carbocycles. The molecule has 0 amide bonds. The summed E-state index contributed by atoms with van der Waals surface area (Å²) in [7, 11) is 0. The second-order valence-electron chi connectivity index (χ2n) is 3.62. The van der Waals surface area contributed by atoms with Gasteiger partial charge >= 0.3 is 5.97 Å². The van der Waals surface area contributed by atoms with Crippen LogP contribution in [0.15, 0.2) is 0 Å². The lowest BCUT2D eigenvalue weighted by Crippen LogP contribution is -2.38. The highest BCUT2D eigenvalue weighted by Gasteiger charge is 2.45. The molecule has 0 atom stereocenters. The maximum Gasteiger partial charge on any atom is 0.312 e. The predicted molar refractivity (Wildman–Crippen MR) is 47.8 cm³/mol. The third kappa shape index (κ3) is 1.23. The lowest BCUT2D eigenvalue weighted by atomic mass is 9.78. The highest BCUT2D eigenvalue weighted by molar-refractivity contribution is 7.77. The van der Waals surface area contributed by atoms with Gasteiger partial charge in [0.1, 0.15) is 0 Å². The minimum Gasteiger partial charge on any atom is -0.465 e. The number of rotatable bonds is 0. The molecule has 0 bridgehead atoms. The molecule has 4 heteroatoms. The normalized spacial score (nSPS) is 29.2. The first-order valence-corrected chi connectivity index (χ1v) is 4.74. The average molecular weight is 187 g/mol. The number of cyclic esters (lactones) is 1. The number of esters is 1. The maximum absolute atomic E-state index is 11.4. The Hall–Kier alpha value is -0.220. The van der Waals surface area contributed by atoms with E-state index < -0.39 is 0 Å². The van der Waals surface area contributed by atoms with Crippen molar-refractivity contribution in [3.05, 3.63) is 0 Å². The van der Waals surface area contributed by atoms with Crippen molar-refractivity contribution < 1.29 is 9.53 Å². The third-order valence-electron chi connectivity index (χ3n) is 2.94. The van der Waals surface area contributed by atoms with Gasteiger partial charge in [-0.2, -0.15) is 0 Å². The fourth-order valence-corrected chi connectivity index (χ4v) is 2.17. The largest absolute Gasteiger partial charge is 0.465 e. The maximum atomic E-state index is 11.4. The molecule has 2 heterocycles. The summed E-state index contributed by atoms with van der Waals surface area (Å²) in [4.78, 5) is 11.4. The molecule has 0 unspecified atom stereocenters. The monoisotopic (exact) mass is 187 g/mol. The summed E-state index contributed by atoms with van der Waals surface area (Å²) in [6, 6.07) is 0. The molecule has 3 nitrogen and oxygen atoms in total. The summed E-state index contributed by atoms with van der Waals surface area (Å²) in [6.07, 6.45) is 2.73. The molecule has 0 radical (unpaired) electrons. The van der Waals surface area contributed by atoms with E-state index in [0.717, 1.165) is 32.4 Å². The molecular formula is C8H13NO2S. The molecule has 0 aromatic rings. The van der Waals surface area contributed by atoms with Crippen molar-refractivity contribution >= 4 is 18.8 Å². The minimum atomic E-state index is -0.140. The van der Waals surface area contributed by atoms with Gasteiger partial charge in [0.15, 0.2) is 0 Å². The molecule has 2 saturated heterocycles. The van der Waals surface area contributed by atoms with Gasteiger partial charge in [0, 0.05) is 13.1 Å². The second kappa shape index (κ2) is 2.92. The molecule has 0 aromatic heterocycles. The first kappa shape index (κ1) is 8.38. The van der Waals surface area contributed by atoms with Crippen LogP contribution in [0.4, 0.5) is 0 Å². The average Bonchev–Trinajstić information content (AvgIpc) is 2.41. The molecule has 2 rings (SSSR count). The Bertz CT molecular complexity index is 199. The molecule has 2 aliphatic rings. The highest BCUT2D eigenvalue weighted by Crippen LogP contribution is 2.40. The van der Waals surface area contributed by atoms with Gasteiger partial charge in [-0.1, -0.05) is 12.8 Å². The van der Waals surface area contributed by atoms with Gasteiger partial charge in [0.05, 0.1) is 12.0 Å². The molecule has 0 aliphatic carbocycles. The van der Waals surface area contributed by atoms with Gasteiger partial charge in [0.2, 0.25) is 0 Å².